The lowest BCUT2D eigenvalue weighted by molar-refractivity contribution is 0.529. The topological polar surface area (TPSA) is 0 Å². The van der Waals surface area contributed by atoms with E-state index >= 15 is 0 Å². The standard InChI is InChI=1S/C8H15Cl/c1-8(2)6-7(8)4-3-5-9/h7H,3-6H2,1-2H3. The molecule has 0 aromatic rings. The summed E-state index contributed by atoms with van der Waals surface area (Å²) in [6.07, 6.45) is 3.97. The quantitative estimate of drug-likeness (QED) is 0.537. The average Bonchev–Trinajstić information content (AvgIpc) is 2.35. The fourth-order valence-corrected chi connectivity index (χ4v) is 1.55. The van der Waals surface area contributed by atoms with Crippen LogP contribution in [0.25, 0.3) is 0 Å². The minimum Gasteiger partial charge on any atom is -0.127 e. The molecule has 9 heavy (non-hydrogen) atoms. The normalized spacial score (nSPS) is 30.3. The van der Waals surface area contributed by atoms with Gasteiger partial charge in [0.15, 0.2) is 0 Å². The monoisotopic (exact) mass is 146 g/mol. The van der Waals surface area contributed by atoms with E-state index in [9.17, 15) is 0 Å². The minimum atomic E-state index is 0.659. The van der Waals surface area contributed by atoms with Gasteiger partial charge >= 0.3 is 0 Å². The summed E-state index contributed by atoms with van der Waals surface area (Å²) >= 11 is 5.57. The summed E-state index contributed by atoms with van der Waals surface area (Å²) in [5.41, 5.74) is 0.659. The highest BCUT2D eigenvalue weighted by atomic mass is 35.5. The van der Waals surface area contributed by atoms with E-state index in [2.05, 4.69) is 13.8 Å². The van der Waals surface area contributed by atoms with Crippen molar-refractivity contribution in [3.63, 3.8) is 0 Å². The Labute approximate surface area is 62.6 Å². The van der Waals surface area contributed by atoms with Gasteiger partial charge in [0.25, 0.3) is 0 Å². The summed E-state index contributed by atoms with van der Waals surface area (Å²) < 4.78 is 0. The molecule has 1 atom stereocenters. The Balaban J connectivity index is 2.06. The van der Waals surface area contributed by atoms with E-state index in [0.717, 1.165) is 11.8 Å². The van der Waals surface area contributed by atoms with Gasteiger partial charge in [-0.1, -0.05) is 13.8 Å². The third-order valence-electron chi connectivity index (χ3n) is 2.40. The van der Waals surface area contributed by atoms with Crippen LogP contribution in [0.3, 0.4) is 0 Å². The Morgan fingerprint density at radius 1 is 1.56 bits per heavy atom. The summed E-state index contributed by atoms with van der Waals surface area (Å²) in [4.78, 5) is 0. The second-order valence-electron chi connectivity index (χ2n) is 3.72. The lowest BCUT2D eigenvalue weighted by Crippen LogP contribution is -1.90. The van der Waals surface area contributed by atoms with Crippen LogP contribution in [0.15, 0.2) is 0 Å². The van der Waals surface area contributed by atoms with E-state index in [1.165, 1.54) is 19.3 Å². The van der Waals surface area contributed by atoms with Crippen LogP contribution < -0.4 is 0 Å². The van der Waals surface area contributed by atoms with E-state index in [0.29, 0.717) is 5.41 Å². The van der Waals surface area contributed by atoms with Crippen LogP contribution in [0.5, 0.6) is 0 Å². The first-order chi connectivity index (χ1) is 4.17. The van der Waals surface area contributed by atoms with Gasteiger partial charge in [-0.15, -0.1) is 11.6 Å². The summed E-state index contributed by atoms with van der Waals surface area (Å²) in [7, 11) is 0. The number of halogens is 1. The van der Waals surface area contributed by atoms with E-state index in [-0.39, 0.29) is 0 Å². The van der Waals surface area contributed by atoms with Crippen LogP contribution in [0.1, 0.15) is 33.1 Å². The Bertz CT molecular complexity index is 96.7. The largest absolute Gasteiger partial charge is 0.127 e. The molecule has 0 heterocycles. The van der Waals surface area contributed by atoms with Crippen molar-refractivity contribution in [1.29, 1.82) is 0 Å². The number of rotatable bonds is 3. The molecule has 0 N–H and O–H groups in total. The van der Waals surface area contributed by atoms with E-state index in [1.54, 1.807) is 0 Å². The van der Waals surface area contributed by atoms with Crippen LogP contribution >= 0.6 is 11.6 Å². The van der Waals surface area contributed by atoms with Crippen molar-refractivity contribution in [2.24, 2.45) is 11.3 Å². The van der Waals surface area contributed by atoms with E-state index in [4.69, 9.17) is 11.6 Å². The maximum atomic E-state index is 5.57. The van der Waals surface area contributed by atoms with E-state index in [1.807, 2.05) is 0 Å². The lowest BCUT2D eigenvalue weighted by atomic mass is 10.1. The van der Waals surface area contributed by atoms with Crippen molar-refractivity contribution in [2.45, 2.75) is 33.1 Å². The first kappa shape index (κ1) is 7.40. The van der Waals surface area contributed by atoms with Crippen molar-refractivity contribution in [3.8, 4) is 0 Å². The minimum absolute atomic E-state index is 0.659. The molecule has 1 rings (SSSR count). The highest BCUT2D eigenvalue weighted by Gasteiger charge is 2.44. The molecule has 0 aromatic heterocycles. The molecule has 0 bridgehead atoms. The van der Waals surface area contributed by atoms with Gasteiger partial charge in [0.2, 0.25) is 0 Å². The summed E-state index contributed by atoms with van der Waals surface area (Å²) in [5.74, 6) is 1.82. The van der Waals surface area contributed by atoms with E-state index < -0.39 is 0 Å². The highest BCUT2D eigenvalue weighted by Crippen LogP contribution is 2.53. The van der Waals surface area contributed by atoms with Crippen molar-refractivity contribution in [1.82, 2.24) is 0 Å². The zero-order valence-electron chi connectivity index (χ0n) is 6.28. The van der Waals surface area contributed by atoms with Gasteiger partial charge in [0.1, 0.15) is 0 Å². The molecule has 0 radical (unpaired) electrons. The van der Waals surface area contributed by atoms with Gasteiger partial charge in [-0.2, -0.15) is 0 Å². The van der Waals surface area contributed by atoms with Gasteiger partial charge in [0.05, 0.1) is 0 Å². The molecule has 0 nitrogen and oxygen atoms in total. The molecule has 0 aromatic carbocycles. The molecular weight excluding hydrogens is 132 g/mol. The van der Waals surface area contributed by atoms with Crippen LogP contribution in [0.4, 0.5) is 0 Å². The maximum absolute atomic E-state index is 5.57. The number of hydrogen-bond acceptors (Lipinski definition) is 0. The van der Waals surface area contributed by atoms with Crippen LogP contribution in [-0.2, 0) is 0 Å². The van der Waals surface area contributed by atoms with Crippen molar-refractivity contribution < 1.29 is 0 Å². The lowest BCUT2D eigenvalue weighted by Gasteiger charge is -1.99. The third-order valence-corrected chi connectivity index (χ3v) is 2.67. The molecular formula is C8H15Cl. The predicted octanol–water partition coefficient (Wildman–Crippen LogP) is 3.05. The van der Waals surface area contributed by atoms with Gasteiger partial charge < -0.3 is 0 Å². The third kappa shape index (κ3) is 1.86. The number of hydrogen-bond donors (Lipinski definition) is 0. The Morgan fingerprint density at radius 3 is 2.44 bits per heavy atom. The van der Waals surface area contributed by atoms with Crippen molar-refractivity contribution >= 4 is 11.6 Å². The van der Waals surface area contributed by atoms with Gasteiger partial charge in [-0.25, -0.2) is 0 Å². The molecule has 0 saturated heterocycles. The molecule has 1 heteroatoms. The molecule has 0 aliphatic heterocycles. The zero-order valence-corrected chi connectivity index (χ0v) is 7.04. The van der Waals surface area contributed by atoms with Gasteiger partial charge in [-0.3, -0.25) is 0 Å². The summed E-state index contributed by atoms with van der Waals surface area (Å²) in [6.45, 7) is 4.68. The second kappa shape index (κ2) is 2.49. The first-order valence-corrected chi connectivity index (χ1v) is 4.26. The molecule has 54 valence electrons. The summed E-state index contributed by atoms with van der Waals surface area (Å²) in [5, 5.41) is 0. The molecule has 0 spiro atoms. The summed E-state index contributed by atoms with van der Waals surface area (Å²) in [6, 6.07) is 0. The van der Waals surface area contributed by atoms with Gasteiger partial charge in [0, 0.05) is 5.88 Å². The average molecular weight is 147 g/mol. The number of alkyl halides is 1. The Morgan fingerprint density at radius 2 is 2.11 bits per heavy atom. The molecule has 1 aliphatic rings. The van der Waals surface area contributed by atoms with Gasteiger partial charge in [-0.05, 0) is 30.6 Å². The molecule has 1 unspecified atom stereocenters. The Hall–Kier alpha value is 0.290. The second-order valence-corrected chi connectivity index (χ2v) is 4.10. The highest BCUT2D eigenvalue weighted by molar-refractivity contribution is 6.17. The molecule has 1 fully saturated rings. The molecule has 1 saturated carbocycles. The maximum Gasteiger partial charge on any atom is 0.0223 e. The van der Waals surface area contributed by atoms with Crippen molar-refractivity contribution in [2.75, 3.05) is 5.88 Å². The fraction of sp³-hybridized carbons (Fsp3) is 1.00. The van der Waals surface area contributed by atoms with Crippen LogP contribution in [-0.4, -0.2) is 5.88 Å². The molecule has 1 aliphatic carbocycles. The van der Waals surface area contributed by atoms with Crippen molar-refractivity contribution in [3.05, 3.63) is 0 Å². The SMILES string of the molecule is CC1(C)CC1CCCCl. The fourth-order valence-electron chi connectivity index (χ4n) is 1.39. The van der Waals surface area contributed by atoms with Crippen LogP contribution in [0, 0.1) is 11.3 Å². The van der Waals surface area contributed by atoms with Crippen LogP contribution in [0.2, 0.25) is 0 Å². The first-order valence-electron chi connectivity index (χ1n) is 3.73. The Kier molecular flexibility index (Phi) is 2.05. The predicted molar refractivity (Wildman–Crippen MR) is 41.8 cm³/mol. The molecule has 0 amide bonds. The zero-order chi connectivity index (χ0) is 6.91. The smallest absolute Gasteiger partial charge is 0.0223 e.